The Morgan fingerprint density at radius 3 is 2.89 bits per heavy atom. The molecule has 0 aliphatic rings. The molecule has 0 atom stereocenters. The van der Waals surface area contributed by atoms with E-state index in [0.29, 0.717) is 10.9 Å². The van der Waals surface area contributed by atoms with Gasteiger partial charge in [0.25, 0.3) is 5.78 Å². The van der Waals surface area contributed by atoms with Crippen LogP contribution in [0.2, 0.25) is 0 Å². The third kappa shape index (κ3) is 2.12. The lowest BCUT2D eigenvalue weighted by atomic mass is 10.2. The molecule has 0 aliphatic carbocycles. The maximum atomic E-state index is 11.4. The fourth-order valence-electron chi connectivity index (χ4n) is 1.49. The number of H-pyrrole nitrogens is 1. The minimum absolute atomic E-state index is 0.314. The van der Waals surface area contributed by atoms with Gasteiger partial charge < -0.3 is 0 Å². The van der Waals surface area contributed by atoms with Crippen LogP contribution < -0.4 is 5.69 Å². The summed E-state index contributed by atoms with van der Waals surface area (Å²) in [5.41, 5.74) is 0.849. The van der Waals surface area contributed by atoms with E-state index in [4.69, 9.17) is 0 Å². The maximum absolute atomic E-state index is 11.4. The minimum atomic E-state index is -0.334. The zero-order valence-corrected chi connectivity index (χ0v) is 10.1. The lowest BCUT2D eigenvalue weighted by Crippen LogP contribution is -2.17. The minimum Gasteiger partial charge on any atom is -0.296 e. The van der Waals surface area contributed by atoms with E-state index >= 15 is 0 Å². The SMILES string of the molecule is O=c1[nH]cnc2nc(SCc3ccccc3)nn12. The second-order valence-electron chi connectivity index (χ2n) is 3.59. The Morgan fingerprint density at radius 1 is 1.28 bits per heavy atom. The van der Waals surface area contributed by atoms with Crippen molar-refractivity contribution in [2.75, 3.05) is 0 Å². The Bertz CT molecular complexity index is 721. The highest BCUT2D eigenvalue weighted by atomic mass is 32.2. The number of aromatic amines is 1. The molecule has 0 fully saturated rings. The van der Waals surface area contributed by atoms with Crippen molar-refractivity contribution in [3.8, 4) is 0 Å². The summed E-state index contributed by atoms with van der Waals surface area (Å²) in [6.07, 6.45) is 1.32. The largest absolute Gasteiger partial charge is 0.350 e. The molecule has 0 saturated carbocycles. The van der Waals surface area contributed by atoms with Crippen molar-refractivity contribution in [3.63, 3.8) is 0 Å². The van der Waals surface area contributed by atoms with Gasteiger partial charge in [-0.25, -0.2) is 9.78 Å². The molecule has 1 N–H and O–H groups in total. The van der Waals surface area contributed by atoms with Crippen LogP contribution in [0.3, 0.4) is 0 Å². The van der Waals surface area contributed by atoms with E-state index in [1.165, 1.54) is 23.7 Å². The maximum Gasteiger partial charge on any atom is 0.350 e. The zero-order chi connectivity index (χ0) is 12.4. The van der Waals surface area contributed by atoms with Gasteiger partial charge in [0.2, 0.25) is 5.16 Å². The summed E-state index contributed by atoms with van der Waals surface area (Å²) in [5, 5.41) is 4.63. The summed E-state index contributed by atoms with van der Waals surface area (Å²) < 4.78 is 1.16. The highest BCUT2D eigenvalue weighted by Crippen LogP contribution is 2.18. The highest BCUT2D eigenvalue weighted by Gasteiger charge is 2.07. The van der Waals surface area contributed by atoms with Crippen molar-refractivity contribution < 1.29 is 0 Å². The number of nitrogens with zero attached hydrogens (tertiary/aromatic N) is 4. The number of rotatable bonds is 3. The van der Waals surface area contributed by atoms with E-state index in [1.807, 2.05) is 30.3 Å². The Hall–Kier alpha value is -2.15. The Balaban J connectivity index is 1.83. The molecule has 0 unspecified atom stereocenters. The zero-order valence-electron chi connectivity index (χ0n) is 9.28. The number of thioether (sulfide) groups is 1. The van der Waals surface area contributed by atoms with Gasteiger partial charge in [0.05, 0.1) is 0 Å². The van der Waals surface area contributed by atoms with Gasteiger partial charge in [-0.2, -0.15) is 4.98 Å². The van der Waals surface area contributed by atoms with Crippen LogP contribution in [0.1, 0.15) is 5.56 Å². The molecule has 7 heteroatoms. The predicted octanol–water partition coefficient (Wildman–Crippen LogP) is 1.10. The molecule has 90 valence electrons. The third-order valence-electron chi connectivity index (χ3n) is 2.34. The van der Waals surface area contributed by atoms with Crippen molar-refractivity contribution in [1.82, 2.24) is 24.6 Å². The summed E-state index contributed by atoms with van der Waals surface area (Å²) in [5.74, 6) is 1.07. The normalized spacial score (nSPS) is 10.9. The average Bonchev–Trinajstić information content (AvgIpc) is 2.82. The summed E-state index contributed by atoms with van der Waals surface area (Å²) in [4.78, 5) is 22.0. The van der Waals surface area contributed by atoms with Gasteiger partial charge in [0, 0.05) is 5.75 Å². The summed E-state index contributed by atoms with van der Waals surface area (Å²) in [7, 11) is 0. The second-order valence-corrected chi connectivity index (χ2v) is 4.53. The number of hydrogen-bond donors (Lipinski definition) is 1. The van der Waals surface area contributed by atoms with Gasteiger partial charge in [-0.15, -0.1) is 9.61 Å². The standard InChI is InChI=1S/C11H9N5OS/c17-11-13-7-12-9-14-10(15-16(9)11)18-6-8-4-2-1-3-5-8/h1-5,7H,6H2,(H,12,13,14,15,17). The molecule has 18 heavy (non-hydrogen) atoms. The molecule has 6 nitrogen and oxygen atoms in total. The van der Waals surface area contributed by atoms with Gasteiger partial charge in [0.15, 0.2) is 0 Å². The van der Waals surface area contributed by atoms with E-state index in [1.54, 1.807) is 0 Å². The van der Waals surface area contributed by atoms with E-state index in [2.05, 4.69) is 20.1 Å². The van der Waals surface area contributed by atoms with Gasteiger partial charge in [-0.1, -0.05) is 42.1 Å². The van der Waals surface area contributed by atoms with Gasteiger partial charge in [-0.3, -0.25) is 4.98 Å². The van der Waals surface area contributed by atoms with Gasteiger partial charge in [-0.05, 0) is 5.56 Å². The molecule has 0 radical (unpaired) electrons. The fourth-order valence-corrected chi connectivity index (χ4v) is 2.27. The second kappa shape index (κ2) is 4.61. The van der Waals surface area contributed by atoms with Crippen molar-refractivity contribution in [2.45, 2.75) is 10.9 Å². The quantitative estimate of drug-likeness (QED) is 0.713. The van der Waals surface area contributed by atoms with E-state index in [0.717, 1.165) is 10.3 Å². The van der Waals surface area contributed by atoms with Crippen LogP contribution in [0.4, 0.5) is 0 Å². The number of hydrogen-bond acceptors (Lipinski definition) is 5. The first kappa shape index (κ1) is 11.0. The third-order valence-corrected chi connectivity index (χ3v) is 3.25. The fraction of sp³-hybridized carbons (Fsp3) is 0.0909. The first-order chi connectivity index (χ1) is 8.83. The number of nitrogens with one attached hydrogen (secondary N) is 1. The number of aromatic nitrogens is 5. The van der Waals surface area contributed by atoms with E-state index in [-0.39, 0.29) is 5.69 Å². The molecule has 2 aromatic heterocycles. The van der Waals surface area contributed by atoms with Crippen molar-refractivity contribution in [1.29, 1.82) is 0 Å². The molecule has 0 aliphatic heterocycles. The first-order valence-corrected chi connectivity index (χ1v) is 6.29. The molecule has 1 aromatic carbocycles. The van der Waals surface area contributed by atoms with Crippen molar-refractivity contribution in [2.24, 2.45) is 0 Å². The van der Waals surface area contributed by atoms with Crippen LogP contribution >= 0.6 is 11.8 Å². The molecule has 2 heterocycles. The van der Waals surface area contributed by atoms with Crippen LogP contribution in [-0.4, -0.2) is 24.6 Å². The summed E-state index contributed by atoms with van der Waals surface area (Å²) in [6, 6.07) is 10.0. The average molecular weight is 259 g/mol. The summed E-state index contributed by atoms with van der Waals surface area (Å²) in [6.45, 7) is 0. The molecule has 0 bridgehead atoms. The molecule has 3 rings (SSSR count). The monoisotopic (exact) mass is 259 g/mol. The van der Waals surface area contributed by atoms with Crippen LogP contribution in [0.5, 0.6) is 0 Å². The van der Waals surface area contributed by atoms with Gasteiger partial charge in [0.1, 0.15) is 6.33 Å². The molecule has 0 amide bonds. The molecular weight excluding hydrogens is 250 g/mol. The molecule has 0 spiro atoms. The number of benzene rings is 1. The van der Waals surface area contributed by atoms with E-state index in [9.17, 15) is 4.79 Å². The van der Waals surface area contributed by atoms with Crippen LogP contribution in [0, 0.1) is 0 Å². The van der Waals surface area contributed by atoms with Crippen LogP contribution in [0.25, 0.3) is 5.78 Å². The Morgan fingerprint density at radius 2 is 2.11 bits per heavy atom. The van der Waals surface area contributed by atoms with E-state index < -0.39 is 0 Å². The topological polar surface area (TPSA) is 75.9 Å². The lowest BCUT2D eigenvalue weighted by Gasteiger charge is -1.96. The molecular formula is C11H9N5OS. The van der Waals surface area contributed by atoms with Crippen molar-refractivity contribution >= 4 is 17.5 Å². The Labute approximate surface area is 106 Å². The van der Waals surface area contributed by atoms with Crippen molar-refractivity contribution in [3.05, 3.63) is 52.7 Å². The lowest BCUT2D eigenvalue weighted by molar-refractivity contribution is 0.808. The first-order valence-electron chi connectivity index (χ1n) is 5.30. The number of fused-ring (bicyclic) bond motifs is 1. The van der Waals surface area contributed by atoms with Crippen LogP contribution in [-0.2, 0) is 5.75 Å². The molecule has 3 aromatic rings. The Kier molecular flexibility index (Phi) is 2.81. The predicted molar refractivity (Wildman–Crippen MR) is 67.4 cm³/mol. The summed E-state index contributed by atoms with van der Waals surface area (Å²) >= 11 is 1.47. The van der Waals surface area contributed by atoms with Crippen LogP contribution in [0.15, 0.2) is 46.6 Å². The van der Waals surface area contributed by atoms with Gasteiger partial charge >= 0.3 is 5.69 Å². The highest BCUT2D eigenvalue weighted by molar-refractivity contribution is 7.98. The smallest absolute Gasteiger partial charge is 0.296 e. The molecule has 0 saturated heterocycles.